The van der Waals surface area contributed by atoms with Crippen LogP contribution in [0.3, 0.4) is 0 Å². The van der Waals surface area contributed by atoms with Gasteiger partial charge in [0.25, 0.3) is 5.91 Å². The Bertz CT molecular complexity index is 616. The highest BCUT2D eigenvalue weighted by Crippen LogP contribution is 2.20. The standard InChI is InChI=1S/C15H13BrClNOS/c16-14-6-5-12(20)9-13(14)15(19)18-8-7-10-1-3-11(17)4-2-10/h1-6,9,20H,7-8H2,(H,18,19). The van der Waals surface area contributed by atoms with Crippen molar-refractivity contribution in [3.8, 4) is 0 Å². The van der Waals surface area contributed by atoms with Crippen molar-refractivity contribution in [2.75, 3.05) is 6.54 Å². The maximum absolute atomic E-state index is 12.1. The fourth-order valence-electron chi connectivity index (χ4n) is 1.75. The molecule has 2 aromatic carbocycles. The monoisotopic (exact) mass is 369 g/mol. The summed E-state index contributed by atoms with van der Waals surface area (Å²) in [6.07, 6.45) is 0.765. The van der Waals surface area contributed by atoms with Gasteiger partial charge in [-0.15, -0.1) is 12.6 Å². The lowest BCUT2D eigenvalue weighted by Gasteiger charge is -2.08. The van der Waals surface area contributed by atoms with Crippen LogP contribution in [-0.2, 0) is 6.42 Å². The van der Waals surface area contributed by atoms with Crippen LogP contribution in [0.15, 0.2) is 51.8 Å². The molecular weight excluding hydrogens is 358 g/mol. The Morgan fingerprint density at radius 3 is 2.60 bits per heavy atom. The Labute approximate surface area is 137 Å². The van der Waals surface area contributed by atoms with Gasteiger partial charge in [-0.2, -0.15) is 0 Å². The van der Waals surface area contributed by atoms with E-state index >= 15 is 0 Å². The second kappa shape index (κ2) is 7.16. The van der Waals surface area contributed by atoms with Crippen LogP contribution in [0.1, 0.15) is 15.9 Å². The second-order valence-electron chi connectivity index (χ2n) is 4.30. The van der Waals surface area contributed by atoms with Crippen LogP contribution in [-0.4, -0.2) is 12.5 Å². The molecule has 2 nitrogen and oxygen atoms in total. The van der Waals surface area contributed by atoms with Crippen LogP contribution in [0.25, 0.3) is 0 Å². The first-order chi connectivity index (χ1) is 9.56. The highest BCUT2D eigenvalue weighted by molar-refractivity contribution is 9.10. The van der Waals surface area contributed by atoms with Crippen molar-refractivity contribution in [1.82, 2.24) is 5.32 Å². The third kappa shape index (κ3) is 4.27. The average Bonchev–Trinajstić information content (AvgIpc) is 2.43. The number of carbonyl (C=O) groups is 1. The Kier molecular flexibility index (Phi) is 5.52. The normalized spacial score (nSPS) is 10.3. The van der Waals surface area contributed by atoms with Crippen LogP contribution in [0, 0.1) is 0 Å². The fraction of sp³-hybridized carbons (Fsp3) is 0.133. The smallest absolute Gasteiger partial charge is 0.252 e. The first-order valence-electron chi connectivity index (χ1n) is 6.07. The molecule has 0 heterocycles. The molecule has 0 bridgehead atoms. The summed E-state index contributed by atoms with van der Waals surface area (Å²) in [5, 5.41) is 3.61. The van der Waals surface area contributed by atoms with Gasteiger partial charge in [-0.1, -0.05) is 23.7 Å². The van der Waals surface area contributed by atoms with Crippen LogP contribution < -0.4 is 5.32 Å². The molecular formula is C15H13BrClNOS. The first-order valence-corrected chi connectivity index (χ1v) is 7.69. The third-order valence-corrected chi connectivity index (χ3v) is 4.03. The lowest BCUT2D eigenvalue weighted by atomic mass is 10.1. The molecule has 5 heteroatoms. The van der Waals surface area contributed by atoms with E-state index in [4.69, 9.17) is 11.6 Å². The molecule has 0 saturated heterocycles. The number of hydrogen-bond donors (Lipinski definition) is 2. The van der Waals surface area contributed by atoms with Crippen LogP contribution >= 0.6 is 40.2 Å². The number of benzene rings is 2. The Morgan fingerprint density at radius 2 is 1.90 bits per heavy atom. The SMILES string of the molecule is O=C(NCCc1ccc(Cl)cc1)c1cc(S)ccc1Br. The van der Waals surface area contributed by atoms with E-state index in [1.807, 2.05) is 36.4 Å². The number of rotatable bonds is 4. The molecule has 0 radical (unpaired) electrons. The van der Waals surface area contributed by atoms with Gasteiger partial charge < -0.3 is 5.32 Å². The van der Waals surface area contributed by atoms with Gasteiger partial charge in [-0.05, 0) is 58.2 Å². The predicted octanol–water partition coefficient (Wildman–Crippen LogP) is 4.36. The van der Waals surface area contributed by atoms with Crippen LogP contribution in [0.4, 0.5) is 0 Å². The van der Waals surface area contributed by atoms with Gasteiger partial charge in [0, 0.05) is 20.9 Å². The van der Waals surface area contributed by atoms with Crippen molar-refractivity contribution in [2.24, 2.45) is 0 Å². The minimum atomic E-state index is -0.110. The molecule has 2 rings (SSSR count). The molecule has 0 fully saturated rings. The van der Waals surface area contributed by atoms with E-state index in [1.165, 1.54) is 0 Å². The van der Waals surface area contributed by atoms with E-state index in [0.29, 0.717) is 17.1 Å². The van der Waals surface area contributed by atoms with Crippen LogP contribution in [0.5, 0.6) is 0 Å². The molecule has 1 amide bonds. The van der Waals surface area contributed by atoms with Crippen molar-refractivity contribution in [3.63, 3.8) is 0 Å². The van der Waals surface area contributed by atoms with Crippen molar-refractivity contribution >= 4 is 46.1 Å². The summed E-state index contributed by atoms with van der Waals surface area (Å²) in [6, 6.07) is 13.0. The molecule has 0 unspecified atom stereocenters. The minimum Gasteiger partial charge on any atom is -0.352 e. The summed E-state index contributed by atoms with van der Waals surface area (Å²) < 4.78 is 0.763. The summed E-state index contributed by atoms with van der Waals surface area (Å²) in [6.45, 7) is 0.573. The zero-order valence-electron chi connectivity index (χ0n) is 10.6. The lowest BCUT2D eigenvalue weighted by Crippen LogP contribution is -2.26. The van der Waals surface area contributed by atoms with E-state index in [1.54, 1.807) is 6.07 Å². The van der Waals surface area contributed by atoms with E-state index in [9.17, 15) is 4.79 Å². The molecule has 0 aliphatic carbocycles. The number of nitrogens with one attached hydrogen (secondary N) is 1. The van der Waals surface area contributed by atoms with E-state index < -0.39 is 0 Å². The van der Waals surface area contributed by atoms with E-state index in [0.717, 1.165) is 21.4 Å². The number of halogens is 2. The topological polar surface area (TPSA) is 29.1 Å². The van der Waals surface area contributed by atoms with Crippen molar-refractivity contribution in [3.05, 3.63) is 63.1 Å². The number of carbonyl (C=O) groups excluding carboxylic acids is 1. The van der Waals surface area contributed by atoms with Gasteiger partial charge in [-0.3, -0.25) is 4.79 Å². The molecule has 0 atom stereocenters. The predicted molar refractivity (Wildman–Crippen MR) is 88.9 cm³/mol. The zero-order valence-corrected chi connectivity index (χ0v) is 13.8. The number of thiol groups is 1. The number of hydrogen-bond acceptors (Lipinski definition) is 2. The van der Waals surface area contributed by atoms with Gasteiger partial charge in [0.05, 0.1) is 5.56 Å². The van der Waals surface area contributed by atoms with E-state index in [2.05, 4.69) is 33.9 Å². The van der Waals surface area contributed by atoms with Gasteiger partial charge in [-0.25, -0.2) is 0 Å². The molecule has 2 aromatic rings. The molecule has 0 aliphatic rings. The van der Waals surface area contributed by atoms with Gasteiger partial charge in [0.1, 0.15) is 0 Å². The lowest BCUT2D eigenvalue weighted by molar-refractivity contribution is 0.0953. The Balaban J connectivity index is 1.92. The first kappa shape index (κ1) is 15.4. The summed E-state index contributed by atoms with van der Waals surface area (Å²) in [4.78, 5) is 12.8. The van der Waals surface area contributed by atoms with Crippen molar-refractivity contribution in [1.29, 1.82) is 0 Å². The van der Waals surface area contributed by atoms with Gasteiger partial charge in [0.2, 0.25) is 0 Å². The molecule has 104 valence electrons. The molecule has 0 spiro atoms. The van der Waals surface area contributed by atoms with Gasteiger partial charge in [0.15, 0.2) is 0 Å². The maximum Gasteiger partial charge on any atom is 0.252 e. The number of amides is 1. The summed E-state index contributed by atoms with van der Waals surface area (Å²) in [5.41, 5.74) is 1.73. The minimum absolute atomic E-state index is 0.110. The average molecular weight is 371 g/mol. The molecule has 0 aliphatic heterocycles. The van der Waals surface area contributed by atoms with Crippen LogP contribution in [0.2, 0.25) is 5.02 Å². The summed E-state index contributed by atoms with van der Waals surface area (Å²) in [7, 11) is 0. The molecule has 1 N–H and O–H groups in total. The quantitative estimate of drug-likeness (QED) is 0.769. The molecule has 0 aromatic heterocycles. The Hall–Kier alpha value is -0.970. The fourth-order valence-corrected chi connectivity index (χ4v) is 2.51. The largest absolute Gasteiger partial charge is 0.352 e. The highest BCUT2D eigenvalue weighted by Gasteiger charge is 2.09. The molecule has 20 heavy (non-hydrogen) atoms. The summed E-state index contributed by atoms with van der Waals surface area (Å²) in [5.74, 6) is -0.110. The third-order valence-electron chi connectivity index (χ3n) is 2.81. The van der Waals surface area contributed by atoms with E-state index in [-0.39, 0.29) is 5.91 Å². The maximum atomic E-state index is 12.1. The Morgan fingerprint density at radius 1 is 1.20 bits per heavy atom. The van der Waals surface area contributed by atoms with Crippen molar-refractivity contribution in [2.45, 2.75) is 11.3 Å². The van der Waals surface area contributed by atoms with Crippen molar-refractivity contribution < 1.29 is 4.79 Å². The highest BCUT2D eigenvalue weighted by atomic mass is 79.9. The van der Waals surface area contributed by atoms with Gasteiger partial charge >= 0.3 is 0 Å². The second-order valence-corrected chi connectivity index (χ2v) is 6.10. The zero-order chi connectivity index (χ0) is 14.5. The summed E-state index contributed by atoms with van der Waals surface area (Å²) >= 11 is 13.4. The molecule has 0 saturated carbocycles.